The third kappa shape index (κ3) is 3.29. The molecule has 0 amide bonds. The topological polar surface area (TPSA) is 71.8 Å². The van der Waals surface area contributed by atoms with Crippen molar-refractivity contribution in [2.75, 3.05) is 11.9 Å². The highest BCUT2D eigenvalue weighted by atomic mass is 32.1. The molecule has 0 atom stereocenters. The van der Waals surface area contributed by atoms with Crippen LogP contribution < -0.4 is 5.32 Å². The van der Waals surface area contributed by atoms with Crippen molar-refractivity contribution in [3.63, 3.8) is 0 Å². The zero-order valence-electron chi connectivity index (χ0n) is 13.5. The second-order valence-corrected chi connectivity index (χ2v) is 6.79. The van der Waals surface area contributed by atoms with Crippen LogP contribution in [0.5, 0.6) is 0 Å². The van der Waals surface area contributed by atoms with Gasteiger partial charge in [-0.2, -0.15) is 5.10 Å². The zero-order valence-corrected chi connectivity index (χ0v) is 14.3. The van der Waals surface area contributed by atoms with Gasteiger partial charge in [0.1, 0.15) is 0 Å². The van der Waals surface area contributed by atoms with Gasteiger partial charge in [-0.1, -0.05) is 0 Å². The van der Waals surface area contributed by atoms with Crippen LogP contribution in [0.1, 0.15) is 22.0 Å². The van der Waals surface area contributed by atoms with Crippen LogP contribution in [-0.4, -0.2) is 36.2 Å². The first-order valence-electron chi connectivity index (χ1n) is 7.96. The molecule has 1 aliphatic heterocycles. The van der Waals surface area contributed by atoms with E-state index in [2.05, 4.69) is 47.9 Å². The summed E-state index contributed by atoms with van der Waals surface area (Å²) in [5.41, 5.74) is 5.35. The Bertz CT molecular complexity index is 811. The highest BCUT2D eigenvalue weighted by Gasteiger charge is 2.19. The van der Waals surface area contributed by atoms with Gasteiger partial charge in [-0.25, -0.2) is 15.0 Å². The summed E-state index contributed by atoms with van der Waals surface area (Å²) in [6, 6.07) is 3.97. The van der Waals surface area contributed by atoms with Crippen LogP contribution in [0.25, 0.3) is 0 Å². The predicted octanol–water partition coefficient (Wildman–Crippen LogP) is 2.07. The lowest BCUT2D eigenvalue weighted by Crippen LogP contribution is -2.33. The monoisotopic (exact) mass is 341 g/mol. The smallest absolute Gasteiger partial charge is 0.222 e. The lowest BCUT2D eigenvalue weighted by atomic mass is 10.2. The van der Waals surface area contributed by atoms with Gasteiger partial charge < -0.3 is 5.32 Å². The average molecular weight is 341 g/mol. The van der Waals surface area contributed by atoms with Crippen LogP contribution in [0.3, 0.4) is 0 Å². The van der Waals surface area contributed by atoms with E-state index in [-0.39, 0.29) is 0 Å². The number of nitrogens with zero attached hydrogens (tertiary/aromatic N) is 6. The molecule has 0 unspecified atom stereocenters. The van der Waals surface area contributed by atoms with Crippen LogP contribution in [0.4, 0.5) is 5.95 Å². The van der Waals surface area contributed by atoms with Gasteiger partial charge in [-0.05, 0) is 19.1 Å². The van der Waals surface area contributed by atoms with Crippen molar-refractivity contribution in [2.45, 2.75) is 33.1 Å². The first-order chi connectivity index (χ1) is 11.8. The van der Waals surface area contributed by atoms with E-state index in [0.29, 0.717) is 12.5 Å². The van der Waals surface area contributed by atoms with E-state index in [1.165, 1.54) is 10.6 Å². The highest BCUT2D eigenvalue weighted by molar-refractivity contribution is 7.09. The standard InChI is InChI=1S/C16H19N7S/c1-12-15(24-11-20-12)10-22-5-6-23-14(9-22)7-13(21-23)8-19-16-17-3-2-4-18-16/h2-4,7,11H,5-6,8-10H2,1H3,(H,17,18,19). The van der Waals surface area contributed by atoms with Gasteiger partial charge in [-0.3, -0.25) is 9.58 Å². The van der Waals surface area contributed by atoms with Crippen LogP contribution in [0, 0.1) is 6.92 Å². The molecule has 3 aromatic rings. The number of thiazole rings is 1. The maximum Gasteiger partial charge on any atom is 0.222 e. The molecule has 8 heteroatoms. The van der Waals surface area contributed by atoms with E-state index in [0.717, 1.165) is 37.6 Å². The highest BCUT2D eigenvalue weighted by Crippen LogP contribution is 2.20. The van der Waals surface area contributed by atoms with Crippen LogP contribution >= 0.6 is 11.3 Å². The fraction of sp³-hybridized carbons (Fsp3) is 0.375. The normalized spacial score (nSPS) is 14.5. The van der Waals surface area contributed by atoms with Crippen molar-refractivity contribution >= 4 is 17.3 Å². The number of nitrogens with one attached hydrogen (secondary N) is 1. The molecule has 0 fully saturated rings. The van der Waals surface area contributed by atoms with Crippen molar-refractivity contribution in [2.24, 2.45) is 0 Å². The Morgan fingerprint density at radius 2 is 2.08 bits per heavy atom. The van der Waals surface area contributed by atoms with E-state index in [1.807, 2.05) is 5.51 Å². The molecule has 124 valence electrons. The summed E-state index contributed by atoms with van der Waals surface area (Å²) >= 11 is 1.74. The molecule has 4 heterocycles. The predicted molar refractivity (Wildman–Crippen MR) is 92.6 cm³/mol. The maximum absolute atomic E-state index is 4.68. The molecule has 7 nitrogen and oxygen atoms in total. The number of aromatic nitrogens is 5. The molecule has 1 N–H and O–H groups in total. The Hall–Kier alpha value is -2.32. The maximum atomic E-state index is 4.68. The largest absolute Gasteiger partial charge is 0.348 e. The Kier molecular flexibility index (Phi) is 4.22. The van der Waals surface area contributed by atoms with Gasteiger partial charge >= 0.3 is 0 Å². The molecule has 0 bridgehead atoms. The Morgan fingerprint density at radius 1 is 1.21 bits per heavy atom. The third-order valence-electron chi connectivity index (χ3n) is 4.13. The first-order valence-corrected chi connectivity index (χ1v) is 8.84. The molecule has 1 aliphatic rings. The Morgan fingerprint density at radius 3 is 2.88 bits per heavy atom. The summed E-state index contributed by atoms with van der Waals surface area (Å²) in [6.07, 6.45) is 3.46. The molecule has 24 heavy (non-hydrogen) atoms. The first kappa shape index (κ1) is 15.2. The molecule has 0 aromatic carbocycles. The van der Waals surface area contributed by atoms with Gasteiger partial charge in [0.15, 0.2) is 0 Å². The molecule has 0 saturated heterocycles. The Labute approximate surface area is 144 Å². The molecular weight excluding hydrogens is 322 g/mol. The van der Waals surface area contributed by atoms with Crippen molar-refractivity contribution in [3.05, 3.63) is 52.0 Å². The number of rotatable bonds is 5. The van der Waals surface area contributed by atoms with Crippen LogP contribution in [0.2, 0.25) is 0 Å². The SMILES string of the molecule is Cc1ncsc1CN1CCn2nc(CNc3ncccn3)cc2C1. The average Bonchev–Trinajstić information content (AvgIpc) is 3.20. The van der Waals surface area contributed by atoms with E-state index in [1.54, 1.807) is 29.8 Å². The van der Waals surface area contributed by atoms with Crippen LogP contribution in [-0.2, 0) is 26.2 Å². The van der Waals surface area contributed by atoms with Gasteiger partial charge in [0, 0.05) is 36.9 Å². The molecular formula is C16H19N7S. The lowest BCUT2D eigenvalue weighted by Gasteiger charge is -2.27. The molecule has 0 radical (unpaired) electrons. The van der Waals surface area contributed by atoms with Crippen molar-refractivity contribution < 1.29 is 0 Å². The fourth-order valence-electron chi connectivity index (χ4n) is 2.84. The number of aryl methyl sites for hydroxylation is 1. The Balaban J connectivity index is 1.39. The lowest BCUT2D eigenvalue weighted by molar-refractivity contribution is 0.206. The molecule has 0 aliphatic carbocycles. The van der Waals surface area contributed by atoms with Gasteiger partial charge in [0.05, 0.1) is 35.7 Å². The summed E-state index contributed by atoms with van der Waals surface area (Å²) in [5, 5.41) is 7.88. The van der Waals surface area contributed by atoms with Crippen molar-refractivity contribution in [1.29, 1.82) is 0 Å². The quantitative estimate of drug-likeness (QED) is 0.766. The summed E-state index contributed by atoms with van der Waals surface area (Å²) < 4.78 is 2.11. The molecule has 0 saturated carbocycles. The molecule has 0 spiro atoms. The van der Waals surface area contributed by atoms with Gasteiger partial charge in [0.2, 0.25) is 5.95 Å². The molecule has 4 rings (SSSR count). The summed E-state index contributed by atoms with van der Waals surface area (Å²) in [5.74, 6) is 0.630. The fourth-order valence-corrected chi connectivity index (χ4v) is 3.66. The van der Waals surface area contributed by atoms with Crippen molar-refractivity contribution in [3.8, 4) is 0 Å². The van der Waals surface area contributed by atoms with Gasteiger partial charge in [-0.15, -0.1) is 11.3 Å². The number of hydrogen-bond donors (Lipinski definition) is 1. The minimum absolute atomic E-state index is 0.630. The number of hydrogen-bond acceptors (Lipinski definition) is 7. The van der Waals surface area contributed by atoms with Crippen molar-refractivity contribution in [1.82, 2.24) is 29.6 Å². The minimum Gasteiger partial charge on any atom is -0.348 e. The second kappa shape index (κ2) is 6.66. The minimum atomic E-state index is 0.630. The second-order valence-electron chi connectivity index (χ2n) is 5.85. The number of anilines is 1. The summed E-state index contributed by atoms with van der Waals surface area (Å²) in [6.45, 7) is 6.54. The zero-order chi connectivity index (χ0) is 16.4. The third-order valence-corrected chi connectivity index (χ3v) is 5.05. The summed E-state index contributed by atoms with van der Waals surface area (Å²) in [4.78, 5) is 16.5. The van der Waals surface area contributed by atoms with E-state index >= 15 is 0 Å². The van der Waals surface area contributed by atoms with E-state index in [9.17, 15) is 0 Å². The molecule has 3 aromatic heterocycles. The number of fused-ring (bicyclic) bond motifs is 1. The van der Waals surface area contributed by atoms with Gasteiger partial charge in [0.25, 0.3) is 0 Å². The van der Waals surface area contributed by atoms with Crippen LogP contribution in [0.15, 0.2) is 30.0 Å². The van der Waals surface area contributed by atoms with E-state index < -0.39 is 0 Å². The summed E-state index contributed by atoms with van der Waals surface area (Å²) in [7, 11) is 0. The van der Waals surface area contributed by atoms with E-state index in [4.69, 9.17) is 0 Å².